The van der Waals surface area contributed by atoms with Crippen LogP contribution in [0.1, 0.15) is 78.7 Å². The van der Waals surface area contributed by atoms with Crippen molar-refractivity contribution in [1.82, 2.24) is 30.0 Å². The number of hydrogen-bond acceptors (Lipinski definition) is 6. The molecule has 0 saturated heterocycles. The van der Waals surface area contributed by atoms with Crippen LogP contribution in [0.2, 0.25) is 0 Å². The van der Waals surface area contributed by atoms with E-state index in [9.17, 15) is 9.90 Å². The second kappa shape index (κ2) is 7.11. The molecule has 2 heterocycles. The maximum absolute atomic E-state index is 12.6. The van der Waals surface area contributed by atoms with Crippen LogP contribution >= 0.6 is 0 Å². The van der Waals surface area contributed by atoms with Crippen LogP contribution in [-0.4, -0.2) is 41.8 Å². The highest BCUT2D eigenvalue weighted by molar-refractivity contribution is 5.95. The van der Waals surface area contributed by atoms with Crippen LogP contribution < -0.4 is 5.32 Å². The van der Waals surface area contributed by atoms with Crippen molar-refractivity contribution in [2.24, 2.45) is 0 Å². The van der Waals surface area contributed by atoms with Gasteiger partial charge in [-0.05, 0) is 32.1 Å². The van der Waals surface area contributed by atoms with Gasteiger partial charge in [-0.3, -0.25) is 4.79 Å². The molecular weight excluding hydrogens is 332 g/mol. The van der Waals surface area contributed by atoms with Crippen molar-refractivity contribution in [3.8, 4) is 0 Å². The lowest BCUT2D eigenvalue weighted by molar-refractivity contribution is 0.0904. The summed E-state index contributed by atoms with van der Waals surface area (Å²) in [7, 11) is 0. The molecule has 0 aromatic carbocycles. The molecule has 0 atom stereocenters. The molecule has 138 valence electrons. The Kier molecular flexibility index (Phi) is 4.67. The van der Waals surface area contributed by atoms with Crippen LogP contribution in [0.25, 0.3) is 0 Å². The summed E-state index contributed by atoms with van der Waals surface area (Å²) in [6.07, 6.45) is 8.74. The summed E-state index contributed by atoms with van der Waals surface area (Å²) < 4.78 is 2.10. The van der Waals surface area contributed by atoms with Crippen LogP contribution in [0.15, 0.2) is 12.5 Å². The summed E-state index contributed by atoms with van der Waals surface area (Å²) in [5.74, 6) is 1.80. The van der Waals surface area contributed by atoms with Crippen LogP contribution in [0.5, 0.6) is 0 Å². The Morgan fingerprint density at radius 2 is 2.15 bits per heavy atom. The van der Waals surface area contributed by atoms with E-state index >= 15 is 0 Å². The van der Waals surface area contributed by atoms with Crippen molar-refractivity contribution in [3.63, 3.8) is 0 Å². The summed E-state index contributed by atoms with van der Waals surface area (Å²) >= 11 is 0. The Labute approximate surface area is 152 Å². The molecule has 2 N–H and O–H groups in total. The van der Waals surface area contributed by atoms with E-state index in [1.54, 1.807) is 6.20 Å². The second-order valence-electron chi connectivity index (χ2n) is 7.21. The summed E-state index contributed by atoms with van der Waals surface area (Å²) in [6.45, 7) is 1.99. The highest BCUT2D eigenvalue weighted by Gasteiger charge is 2.38. The lowest BCUT2D eigenvalue weighted by Gasteiger charge is -2.35. The molecule has 0 aliphatic heterocycles. The maximum Gasteiger partial charge on any atom is 0.254 e. The van der Waals surface area contributed by atoms with Gasteiger partial charge in [-0.25, -0.2) is 9.97 Å². The third kappa shape index (κ3) is 3.21. The predicted molar refractivity (Wildman–Crippen MR) is 93.5 cm³/mol. The number of carbonyl (C=O) groups is 1. The molecule has 2 aromatic rings. The Bertz CT molecular complexity index is 795. The molecule has 8 heteroatoms. The van der Waals surface area contributed by atoms with Gasteiger partial charge in [0.15, 0.2) is 5.82 Å². The van der Waals surface area contributed by atoms with Gasteiger partial charge in [0.1, 0.15) is 18.8 Å². The maximum atomic E-state index is 12.6. The van der Waals surface area contributed by atoms with Gasteiger partial charge in [0.2, 0.25) is 0 Å². The molecule has 0 bridgehead atoms. The van der Waals surface area contributed by atoms with E-state index in [1.165, 1.54) is 6.33 Å². The minimum absolute atomic E-state index is 0.0788. The van der Waals surface area contributed by atoms with E-state index in [1.807, 2.05) is 0 Å². The minimum Gasteiger partial charge on any atom is -0.388 e. The molecule has 26 heavy (non-hydrogen) atoms. The van der Waals surface area contributed by atoms with Crippen LogP contribution in [-0.2, 0) is 13.0 Å². The molecule has 2 aromatic heterocycles. The van der Waals surface area contributed by atoms with Crippen molar-refractivity contribution in [3.05, 3.63) is 35.4 Å². The number of aliphatic hydroxyl groups excluding tert-OH is 1. The molecule has 2 fully saturated rings. The van der Waals surface area contributed by atoms with Crippen molar-refractivity contribution in [2.75, 3.05) is 0 Å². The lowest BCUT2D eigenvalue weighted by Crippen LogP contribution is -2.44. The van der Waals surface area contributed by atoms with Gasteiger partial charge in [0.25, 0.3) is 5.91 Å². The van der Waals surface area contributed by atoms with Gasteiger partial charge < -0.3 is 15.0 Å². The molecule has 1 amide bonds. The van der Waals surface area contributed by atoms with Crippen LogP contribution in [0.3, 0.4) is 0 Å². The zero-order valence-corrected chi connectivity index (χ0v) is 14.9. The third-order valence-electron chi connectivity index (χ3n) is 5.21. The summed E-state index contributed by atoms with van der Waals surface area (Å²) in [5, 5.41) is 21.0. The minimum atomic E-state index is -0.0998. The molecule has 0 radical (unpaired) electrons. The first-order valence-electron chi connectivity index (χ1n) is 9.35. The second-order valence-corrected chi connectivity index (χ2v) is 7.21. The third-order valence-corrected chi connectivity index (χ3v) is 5.21. The zero-order valence-electron chi connectivity index (χ0n) is 14.9. The molecule has 8 nitrogen and oxygen atoms in total. The highest BCUT2D eigenvalue weighted by atomic mass is 16.3. The number of nitrogens with one attached hydrogen (secondary N) is 1. The number of hydrogen-bond donors (Lipinski definition) is 2. The van der Waals surface area contributed by atoms with Gasteiger partial charge in [0.05, 0.1) is 11.3 Å². The molecular formula is C18H24N6O2. The number of amides is 1. The van der Waals surface area contributed by atoms with Gasteiger partial charge in [-0.1, -0.05) is 13.3 Å². The predicted octanol–water partition coefficient (Wildman–Crippen LogP) is 1.52. The van der Waals surface area contributed by atoms with Gasteiger partial charge in [0, 0.05) is 24.2 Å². The summed E-state index contributed by atoms with van der Waals surface area (Å²) in [6, 6.07) is 0.568. The largest absolute Gasteiger partial charge is 0.388 e. The zero-order chi connectivity index (χ0) is 18.1. The van der Waals surface area contributed by atoms with E-state index in [-0.39, 0.29) is 24.5 Å². The SMILES string of the molecule is CCCc1ncncc1C(=O)NC1CC(c2nnc(CO)n2C2CC2)C1. The number of rotatable bonds is 7. The van der Waals surface area contributed by atoms with Crippen LogP contribution in [0.4, 0.5) is 0 Å². The average Bonchev–Trinajstić information content (AvgIpc) is 3.37. The molecule has 0 spiro atoms. The van der Waals surface area contributed by atoms with Crippen molar-refractivity contribution in [2.45, 2.75) is 70.1 Å². The number of aliphatic hydroxyl groups is 1. The first-order chi connectivity index (χ1) is 12.7. The summed E-state index contributed by atoms with van der Waals surface area (Å²) in [5.41, 5.74) is 1.37. The van der Waals surface area contributed by atoms with E-state index in [0.29, 0.717) is 17.4 Å². The van der Waals surface area contributed by atoms with Gasteiger partial charge in [-0.15, -0.1) is 10.2 Å². The van der Waals surface area contributed by atoms with E-state index in [0.717, 1.165) is 50.0 Å². The van der Waals surface area contributed by atoms with Gasteiger partial charge in [-0.2, -0.15) is 0 Å². The first kappa shape index (κ1) is 17.1. The Morgan fingerprint density at radius 3 is 2.85 bits per heavy atom. The molecule has 2 aliphatic carbocycles. The van der Waals surface area contributed by atoms with Crippen molar-refractivity contribution in [1.29, 1.82) is 0 Å². The lowest BCUT2D eigenvalue weighted by atomic mass is 9.79. The molecule has 2 saturated carbocycles. The fourth-order valence-corrected chi connectivity index (χ4v) is 3.64. The normalized spacial score (nSPS) is 22.1. The average molecular weight is 356 g/mol. The van der Waals surface area contributed by atoms with Crippen molar-refractivity contribution < 1.29 is 9.90 Å². The van der Waals surface area contributed by atoms with Gasteiger partial charge >= 0.3 is 0 Å². The van der Waals surface area contributed by atoms with Crippen LogP contribution in [0, 0.1) is 0 Å². The first-order valence-corrected chi connectivity index (χ1v) is 9.35. The monoisotopic (exact) mass is 356 g/mol. The Balaban J connectivity index is 1.39. The number of aromatic nitrogens is 5. The van der Waals surface area contributed by atoms with E-state index in [4.69, 9.17) is 0 Å². The van der Waals surface area contributed by atoms with E-state index < -0.39 is 0 Å². The fraction of sp³-hybridized carbons (Fsp3) is 0.611. The molecule has 2 aliphatic rings. The Hall–Kier alpha value is -2.35. The smallest absolute Gasteiger partial charge is 0.254 e. The number of nitrogens with zero attached hydrogens (tertiary/aromatic N) is 5. The topological polar surface area (TPSA) is 106 Å². The standard InChI is InChI=1S/C18H24N6O2/c1-2-3-15-14(8-19-10-20-15)18(26)21-12-6-11(7-12)17-23-22-16(9-25)24(17)13-4-5-13/h8,10-13,25H,2-7,9H2,1H3,(H,21,26). The molecule has 4 rings (SSSR count). The fourth-order valence-electron chi connectivity index (χ4n) is 3.64. The molecule has 0 unspecified atom stereocenters. The number of carbonyl (C=O) groups excluding carboxylic acids is 1. The quantitative estimate of drug-likeness (QED) is 0.779. The number of aryl methyl sites for hydroxylation is 1. The summed E-state index contributed by atoms with van der Waals surface area (Å²) in [4.78, 5) is 20.8. The van der Waals surface area contributed by atoms with Crippen molar-refractivity contribution >= 4 is 5.91 Å². The highest BCUT2D eigenvalue weighted by Crippen LogP contribution is 2.42. The van der Waals surface area contributed by atoms with E-state index in [2.05, 4.69) is 37.0 Å². The Morgan fingerprint density at radius 1 is 1.35 bits per heavy atom.